The highest BCUT2D eigenvalue weighted by molar-refractivity contribution is 5.93. The molecule has 1 fully saturated rings. The Morgan fingerprint density at radius 1 is 1.50 bits per heavy atom. The van der Waals surface area contributed by atoms with E-state index < -0.39 is 28.9 Å². The van der Waals surface area contributed by atoms with Gasteiger partial charge in [-0.1, -0.05) is 6.07 Å². The molecule has 2 rings (SSSR count). The molecule has 0 radical (unpaired) electrons. The minimum absolute atomic E-state index is 0.191. The molecule has 4 nitrogen and oxygen atoms in total. The third kappa shape index (κ3) is 1.96. The van der Waals surface area contributed by atoms with Gasteiger partial charge in [0.15, 0.2) is 11.6 Å². The van der Waals surface area contributed by atoms with Crippen molar-refractivity contribution in [2.24, 2.45) is 11.3 Å². The predicted molar refractivity (Wildman–Crippen MR) is 60.6 cm³/mol. The van der Waals surface area contributed by atoms with Crippen LogP contribution in [0.25, 0.3) is 0 Å². The molecule has 1 aromatic carbocycles. The number of carbonyl (C=O) groups is 2. The maximum absolute atomic E-state index is 13.2. The van der Waals surface area contributed by atoms with Gasteiger partial charge in [-0.2, -0.15) is 0 Å². The highest BCUT2D eigenvalue weighted by Crippen LogP contribution is 2.55. The van der Waals surface area contributed by atoms with Crippen LogP contribution in [0.5, 0.6) is 5.75 Å². The summed E-state index contributed by atoms with van der Waals surface area (Å²) in [4.78, 5) is 22.5. The molecule has 0 bridgehead atoms. The van der Waals surface area contributed by atoms with Crippen LogP contribution < -0.4 is 0 Å². The number of carboxylic acid groups (broad SMARTS) is 1. The second kappa shape index (κ2) is 4.08. The molecular formula is C13H13FO4. The van der Waals surface area contributed by atoms with Gasteiger partial charge in [0, 0.05) is 5.41 Å². The number of phenols is 1. The van der Waals surface area contributed by atoms with Gasteiger partial charge in [-0.05, 0) is 37.5 Å². The van der Waals surface area contributed by atoms with Gasteiger partial charge in [-0.25, -0.2) is 4.39 Å². The van der Waals surface area contributed by atoms with Crippen LogP contribution in [-0.4, -0.2) is 22.0 Å². The van der Waals surface area contributed by atoms with E-state index in [4.69, 9.17) is 10.2 Å². The quantitative estimate of drug-likeness (QED) is 0.856. The smallest absolute Gasteiger partial charge is 0.307 e. The average molecular weight is 252 g/mol. The van der Waals surface area contributed by atoms with Crippen LogP contribution in [0.2, 0.25) is 0 Å². The fourth-order valence-electron chi connectivity index (χ4n) is 2.36. The number of Topliss-reactive ketones (excluding diaryl/α,β-unsaturated/α-hetero) is 1. The molecule has 2 atom stereocenters. The van der Waals surface area contributed by atoms with E-state index in [1.807, 2.05) is 0 Å². The SMILES string of the molecule is CC(=O)[C@@]1(Cc2ccc(O)c(F)c2)CC1C(=O)O. The van der Waals surface area contributed by atoms with Crippen molar-refractivity contribution in [3.05, 3.63) is 29.6 Å². The number of ketones is 1. The van der Waals surface area contributed by atoms with Crippen molar-refractivity contribution in [2.45, 2.75) is 19.8 Å². The summed E-state index contributed by atoms with van der Waals surface area (Å²) in [5.41, 5.74) is -0.390. The lowest BCUT2D eigenvalue weighted by atomic mass is 9.90. The van der Waals surface area contributed by atoms with Crippen molar-refractivity contribution in [3.8, 4) is 5.75 Å². The van der Waals surface area contributed by atoms with Crippen molar-refractivity contribution in [2.75, 3.05) is 0 Å². The number of benzene rings is 1. The lowest BCUT2D eigenvalue weighted by Crippen LogP contribution is -2.21. The summed E-state index contributed by atoms with van der Waals surface area (Å²) in [6.45, 7) is 1.36. The number of rotatable bonds is 4. The summed E-state index contributed by atoms with van der Waals surface area (Å²) < 4.78 is 13.2. The van der Waals surface area contributed by atoms with Gasteiger partial charge >= 0.3 is 5.97 Å². The standard InChI is InChI=1S/C13H13FO4/c1-7(15)13(6-9(13)12(17)18)5-8-2-3-11(16)10(14)4-8/h2-4,9,16H,5-6H2,1H3,(H,17,18)/t9?,13-/m1/s1. The van der Waals surface area contributed by atoms with Crippen molar-refractivity contribution in [1.29, 1.82) is 0 Å². The monoisotopic (exact) mass is 252 g/mol. The molecule has 1 unspecified atom stereocenters. The van der Waals surface area contributed by atoms with Crippen LogP contribution in [0, 0.1) is 17.2 Å². The number of aliphatic carboxylic acids is 1. The maximum atomic E-state index is 13.2. The molecule has 5 heteroatoms. The molecule has 1 aliphatic carbocycles. The fourth-order valence-corrected chi connectivity index (χ4v) is 2.36. The molecule has 0 aliphatic heterocycles. The Balaban J connectivity index is 2.24. The average Bonchev–Trinajstić information content (AvgIpc) is 3.00. The summed E-state index contributed by atoms with van der Waals surface area (Å²) in [6.07, 6.45) is 0.483. The third-order valence-corrected chi connectivity index (χ3v) is 3.61. The summed E-state index contributed by atoms with van der Waals surface area (Å²) >= 11 is 0. The number of phenolic OH excluding ortho intramolecular Hbond substituents is 1. The zero-order chi connectivity index (χ0) is 13.5. The minimum Gasteiger partial charge on any atom is -0.505 e. The van der Waals surface area contributed by atoms with Crippen LogP contribution in [0.4, 0.5) is 4.39 Å². The number of carboxylic acids is 1. The fraction of sp³-hybridized carbons (Fsp3) is 0.385. The largest absolute Gasteiger partial charge is 0.505 e. The lowest BCUT2D eigenvalue weighted by Gasteiger charge is -2.13. The maximum Gasteiger partial charge on any atom is 0.307 e. The Labute approximate surface area is 103 Å². The first kappa shape index (κ1) is 12.5. The molecule has 1 aromatic rings. The van der Waals surface area contributed by atoms with Crippen LogP contribution in [0.3, 0.4) is 0 Å². The van der Waals surface area contributed by atoms with E-state index in [1.54, 1.807) is 0 Å². The Bertz CT molecular complexity index is 526. The van der Waals surface area contributed by atoms with Crippen molar-refractivity contribution >= 4 is 11.8 Å². The highest BCUT2D eigenvalue weighted by atomic mass is 19.1. The van der Waals surface area contributed by atoms with Crippen LogP contribution >= 0.6 is 0 Å². The van der Waals surface area contributed by atoms with Gasteiger partial charge < -0.3 is 10.2 Å². The zero-order valence-corrected chi connectivity index (χ0v) is 9.81. The molecule has 0 heterocycles. The van der Waals surface area contributed by atoms with Gasteiger partial charge in [0.25, 0.3) is 0 Å². The van der Waals surface area contributed by atoms with E-state index in [0.717, 1.165) is 6.07 Å². The Kier molecular flexibility index (Phi) is 2.84. The molecule has 1 saturated carbocycles. The normalized spacial score (nSPS) is 25.8. The summed E-state index contributed by atoms with van der Waals surface area (Å²) in [6, 6.07) is 3.84. The molecule has 96 valence electrons. The summed E-state index contributed by atoms with van der Waals surface area (Å²) in [5, 5.41) is 18.0. The Morgan fingerprint density at radius 3 is 2.61 bits per heavy atom. The molecule has 18 heavy (non-hydrogen) atoms. The number of aromatic hydroxyl groups is 1. The molecule has 2 N–H and O–H groups in total. The van der Waals surface area contributed by atoms with Gasteiger partial charge in [-0.3, -0.25) is 9.59 Å². The van der Waals surface area contributed by atoms with E-state index in [-0.39, 0.29) is 12.2 Å². The second-order valence-electron chi connectivity index (χ2n) is 4.77. The number of carbonyl (C=O) groups excluding carboxylic acids is 1. The third-order valence-electron chi connectivity index (χ3n) is 3.61. The summed E-state index contributed by atoms with van der Waals surface area (Å²) in [5.74, 6) is -3.10. The van der Waals surface area contributed by atoms with Gasteiger partial charge in [0.2, 0.25) is 0 Å². The summed E-state index contributed by atoms with van der Waals surface area (Å²) in [7, 11) is 0. The van der Waals surface area contributed by atoms with E-state index in [1.165, 1.54) is 19.1 Å². The van der Waals surface area contributed by atoms with E-state index in [9.17, 15) is 14.0 Å². The highest BCUT2D eigenvalue weighted by Gasteiger charge is 2.61. The number of hydrogen-bond acceptors (Lipinski definition) is 3. The molecule has 0 amide bonds. The number of halogens is 1. The Hall–Kier alpha value is -1.91. The lowest BCUT2D eigenvalue weighted by molar-refractivity contribution is -0.141. The van der Waals surface area contributed by atoms with E-state index in [2.05, 4.69) is 0 Å². The molecule has 0 saturated heterocycles. The second-order valence-corrected chi connectivity index (χ2v) is 4.77. The number of hydrogen-bond donors (Lipinski definition) is 2. The van der Waals surface area contributed by atoms with Crippen LogP contribution in [-0.2, 0) is 16.0 Å². The first-order valence-electron chi connectivity index (χ1n) is 5.58. The van der Waals surface area contributed by atoms with Crippen molar-refractivity contribution < 1.29 is 24.2 Å². The van der Waals surface area contributed by atoms with Gasteiger partial charge in [0.05, 0.1) is 5.92 Å². The zero-order valence-electron chi connectivity index (χ0n) is 9.81. The molecule has 0 aromatic heterocycles. The topological polar surface area (TPSA) is 74.6 Å². The van der Waals surface area contributed by atoms with E-state index in [0.29, 0.717) is 12.0 Å². The minimum atomic E-state index is -0.996. The first-order valence-corrected chi connectivity index (χ1v) is 5.58. The molecule has 1 aliphatic rings. The molecule has 0 spiro atoms. The van der Waals surface area contributed by atoms with Crippen LogP contribution in [0.1, 0.15) is 18.9 Å². The molecular weight excluding hydrogens is 239 g/mol. The van der Waals surface area contributed by atoms with Gasteiger partial charge in [-0.15, -0.1) is 0 Å². The van der Waals surface area contributed by atoms with Crippen molar-refractivity contribution in [1.82, 2.24) is 0 Å². The van der Waals surface area contributed by atoms with Crippen LogP contribution in [0.15, 0.2) is 18.2 Å². The van der Waals surface area contributed by atoms with E-state index >= 15 is 0 Å². The Morgan fingerprint density at radius 2 is 2.17 bits per heavy atom. The first-order chi connectivity index (χ1) is 8.36. The predicted octanol–water partition coefficient (Wildman–Crippen LogP) is 1.75. The van der Waals surface area contributed by atoms with Crippen molar-refractivity contribution in [3.63, 3.8) is 0 Å². The van der Waals surface area contributed by atoms with Gasteiger partial charge in [0.1, 0.15) is 5.78 Å².